The molecule has 0 rings (SSSR count). The molecule has 0 aliphatic heterocycles. The van der Waals surface area contributed by atoms with Gasteiger partial charge in [-0.25, -0.2) is 0 Å². The molecule has 0 N–H and O–H groups in total. The van der Waals surface area contributed by atoms with E-state index in [4.69, 9.17) is 18.9 Å². The fraction of sp³-hybridized carbons (Fsp3) is 0.679. The zero-order valence-corrected chi connectivity index (χ0v) is 56.6. The molecular weight excluding hydrogens is 1080 g/mol. The standard InChI is InChI=1S/C78H131NO8/c1-6-8-10-12-14-16-18-20-22-24-26-28-30-31-32-33-34-35-36-37-38-39-40-41-42-43-44-45-47-48-50-52-54-56-58-60-62-64-66-68-75(80)85-72-74(73-86-78(77(82)83)84-71-70-79(3,4)5)87-76(81)69-67-65-63-61-59-57-55-53-51-49-46-29-27-25-23-21-19-17-15-13-11-9-7-2/h8-11,14-17,20-23,26-29,31-32,49,51,55,57,74,78H,6-7,12-13,18-19,24-25,30,33-48,50,52-54,56,58-73H2,1-5H3/b10-8-,11-9-,16-14-,17-15-,22-20-,23-21-,28-26-,29-27-,32-31-,51-49-,57-55-. The van der Waals surface area contributed by atoms with Crippen molar-refractivity contribution >= 4 is 17.9 Å². The fourth-order valence-electron chi connectivity index (χ4n) is 9.57. The molecule has 0 heterocycles. The van der Waals surface area contributed by atoms with Crippen molar-refractivity contribution in [1.82, 2.24) is 0 Å². The van der Waals surface area contributed by atoms with Crippen molar-refractivity contribution in [1.29, 1.82) is 0 Å². The maximum atomic E-state index is 12.9. The lowest BCUT2D eigenvalue weighted by Crippen LogP contribution is -2.44. The van der Waals surface area contributed by atoms with Crippen LogP contribution in [0, 0.1) is 0 Å². The van der Waals surface area contributed by atoms with E-state index in [1.54, 1.807) is 0 Å². The van der Waals surface area contributed by atoms with Crippen LogP contribution < -0.4 is 5.11 Å². The Morgan fingerprint density at radius 3 is 0.920 bits per heavy atom. The first-order valence-electron chi connectivity index (χ1n) is 35.3. The normalized spacial score (nSPS) is 13.5. The van der Waals surface area contributed by atoms with Gasteiger partial charge in [-0.1, -0.05) is 295 Å². The summed E-state index contributed by atoms with van der Waals surface area (Å²) in [5.74, 6) is -2.32. The van der Waals surface area contributed by atoms with Crippen LogP contribution in [0.2, 0.25) is 0 Å². The first-order valence-corrected chi connectivity index (χ1v) is 35.3. The van der Waals surface area contributed by atoms with Crippen LogP contribution >= 0.6 is 0 Å². The molecule has 2 atom stereocenters. The van der Waals surface area contributed by atoms with Crippen LogP contribution in [0.25, 0.3) is 0 Å². The van der Waals surface area contributed by atoms with Crippen molar-refractivity contribution in [2.75, 3.05) is 47.5 Å². The average Bonchev–Trinajstić information content (AvgIpc) is 3.50. The number of allylic oxidation sites excluding steroid dienone is 22. The van der Waals surface area contributed by atoms with Gasteiger partial charge in [0, 0.05) is 12.8 Å². The van der Waals surface area contributed by atoms with Gasteiger partial charge in [-0.3, -0.25) is 9.59 Å². The third-order valence-electron chi connectivity index (χ3n) is 14.9. The van der Waals surface area contributed by atoms with E-state index in [0.29, 0.717) is 17.4 Å². The fourth-order valence-corrected chi connectivity index (χ4v) is 9.57. The van der Waals surface area contributed by atoms with Crippen molar-refractivity contribution in [2.24, 2.45) is 0 Å². The Bertz CT molecular complexity index is 1890. The van der Waals surface area contributed by atoms with Crippen molar-refractivity contribution in [2.45, 2.75) is 296 Å². The van der Waals surface area contributed by atoms with Crippen molar-refractivity contribution < 1.29 is 42.9 Å². The lowest BCUT2D eigenvalue weighted by molar-refractivity contribution is -0.870. The number of quaternary nitrogens is 1. The third-order valence-corrected chi connectivity index (χ3v) is 14.9. The van der Waals surface area contributed by atoms with Gasteiger partial charge < -0.3 is 33.3 Å². The van der Waals surface area contributed by atoms with Crippen molar-refractivity contribution in [3.63, 3.8) is 0 Å². The van der Waals surface area contributed by atoms with E-state index in [2.05, 4.69) is 148 Å². The molecule has 9 heteroatoms. The van der Waals surface area contributed by atoms with E-state index in [0.717, 1.165) is 116 Å². The summed E-state index contributed by atoms with van der Waals surface area (Å²) < 4.78 is 22.8. The minimum atomic E-state index is -1.64. The van der Waals surface area contributed by atoms with Gasteiger partial charge in [0.2, 0.25) is 0 Å². The number of likely N-dealkylation sites (N-methyl/N-ethyl adjacent to an activating group) is 1. The highest BCUT2D eigenvalue weighted by molar-refractivity contribution is 5.70. The lowest BCUT2D eigenvalue weighted by Gasteiger charge is -2.26. The molecule has 0 aliphatic rings. The Balaban J connectivity index is 4.07. The molecule has 0 radical (unpaired) electrons. The average molecular weight is 1210 g/mol. The zero-order valence-electron chi connectivity index (χ0n) is 56.6. The molecule has 0 spiro atoms. The predicted octanol–water partition coefficient (Wildman–Crippen LogP) is 20.8. The summed E-state index contributed by atoms with van der Waals surface area (Å²) in [7, 11) is 5.92. The summed E-state index contributed by atoms with van der Waals surface area (Å²) in [6, 6.07) is 0. The number of aliphatic carboxylic acids is 1. The van der Waals surface area contributed by atoms with E-state index in [1.807, 2.05) is 21.1 Å². The van der Waals surface area contributed by atoms with Crippen LogP contribution in [0.3, 0.4) is 0 Å². The SMILES string of the molecule is CC/C=C\C/C=C\C/C=C\C/C=C\C/C=C\C/C=C\CCCCCCC(=O)OC(COC(=O)CCCCCCCCCCCCCCCCCCCCCCCCC/C=C\C/C=C\C/C=C\C/C=C\C/C=C\CC)COC(OCC[N+](C)(C)C)C(=O)[O-]. The highest BCUT2D eigenvalue weighted by Gasteiger charge is 2.22. The van der Waals surface area contributed by atoms with E-state index in [-0.39, 0.29) is 38.6 Å². The van der Waals surface area contributed by atoms with Crippen LogP contribution in [-0.2, 0) is 33.3 Å². The number of carboxylic acid groups (broad SMARTS) is 1. The Morgan fingerprint density at radius 2 is 0.621 bits per heavy atom. The highest BCUT2D eigenvalue weighted by Crippen LogP contribution is 2.17. The summed E-state index contributed by atoms with van der Waals surface area (Å²) in [6.45, 7) is 4.50. The van der Waals surface area contributed by atoms with Crippen LogP contribution in [0.4, 0.5) is 0 Å². The molecule has 0 saturated carbocycles. The van der Waals surface area contributed by atoms with E-state index in [1.165, 1.54) is 135 Å². The quantitative estimate of drug-likeness (QED) is 0.0195. The molecular formula is C78H131NO8. The second kappa shape index (κ2) is 67.4. The van der Waals surface area contributed by atoms with Crippen LogP contribution in [0.5, 0.6) is 0 Å². The molecule has 0 saturated heterocycles. The number of hydrogen-bond acceptors (Lipinski definition) is 8. The maximum Gasteiger partial charge on any atom is 0.306 e. The van der Waals surface area contributed by atoms with E-state index < -0.39 is 24.3 Å². The molecule has 87 heavy (non-hydrogen) atoms. The number of carboxylic acids is 1. The summed E-state index contributed by atoms with van der Waals surface area (Å²) >= 11 is 0. The van der Waals surface area contributed by atoms with Crippen LogP contribution in [0.1, 0.15) is 284 Å². The Morgan fingerprint density at radius 1 is 0.345 bits per heavy atom. The highest BCUT2D eigenvalue weighted by atomic mass is 16.7. The number of carbonyl (C=O) groups is 3. The molecule has 0 amide bonds. The third kappa shape index (κ3) is 68.8. The van der Waals surface area contributed by atoms with Gasteiger partial charge in [-0.15, -0.1) is 0 Å². The zero-order chi connectivity index (χ0) is 63.3. The molecule has 0 aromatic rings. The largest absolute Gasteiger partial charge is 0.545 e. The van der Waals surface area contributed by atoms with Gasteiger partial charge in [-0.2, -0.15) is 0 Å². The molecule has 496 valence electrons. The smallest absolute Gasteiger partial charge is 0.306 e. The van der Waals surface area contributed by atoms with Crippen molar-refractivity contribution in [3.05, 3.63) is 134 Å². The topological polar surface area (TPSA) is 111 Å². The maximum absolute atomic E-state index is 12.9. The Labute approximate surface area is 535 Å². The minimum absolute atomic E-state index is 0.137. The van der Waals surface area contributed by atoms with Gasteiger partial charge in [0.15, 0.2) is 12.4 Å². The second-order valence-electron chi connectivity index (χ2n) is 24.4. The van der Waals surface area contributed by atoms with Gasteiger partial charge in [0.1, 0.15) is 13.2 Å². The number of unbranched alkanes of at least 4 members (excludes halogenated alkanes) is 27. The predicted molar refractivity (Wildman–Crippen MR) is 370 cm³/mol. The summed E-state index contributed by atoms with van der Waals surface area (Å²) in [5.41, 5.74) is 0. The Kier molecular flexibility index (Phi) is 63.8. The van der Waals surface area contributed by atoms with Gasteiger partial charge in [-0.05, 0) is 109 Å². The number of esters is 2. The van der Waals surface area contributed by atoms with Crippen molar-refractivity contribution in [3.8, 4) is 0 Å². The first kappa shape index (κ1) is 82.4. The lowest BCUT2D eigenvalue weighted by atomic mass is 10.0. The molecule has 0 aliphatic carbocycles. The molecule has 0 fully saturated rings. The second-order valence-corrected chi connectivity index (χ2v) is 24.4. The van der Waals surface area contributed by atoms with E-state index >= 15 is 0 Å². The number of rotatable bonds is 64. The summed E-state index contributed by atoms with van der Waals surface area (Å²) in [5, 5.41) is 11.8. The number of hydrogen-bond donors (Lipinski definition) is 0. The van der Waals surface area contributed by atoms with Gasteiger partial charge in [0.05, 0.1) is 40.3 Å². The number of carbonyl (C=O) groups excluding carboxylic acids is 3. The van der Waals surface area contributed by atoms with E-state index in [9.17, 15) is 19.5 Å². The molecule has 2 unspecified atom stereocenters. The monoisotopic (exact) mass is 1210 g/mol. The molecule has 0 aromatic heterocycles. The molecule has 0 bridgehead atoms. The van der Waals surface area contributed by atoms with Gasteiger partial charge >= 0.3 is 11.9 Å². The summed E-state index contributed by atoms with van der Waals surface area (Å²) in [6.07, 6.45) is 94.0. The first-order chi connectivity index (χ1) is 42.6. The number of nitrogens with zero attached hydrogens (tertiary/aromatic N) is 1. The van der Waals surface area contributed by atoms with Gasteiger partial charge in [0.25, 0.3) is 0 Å². The molecule has 9 nitrogen and oxygen atoms in total. The Hall–Kier alpha value is -4.57. The van der Waals surface area contributed by atoms with Crippen LogP contribution in [-0.4, -0.2) is 82.3 Å². The number of ether oxygens (including phenoxy) is 4. The van der Waals surface area contributed by atoms with Crippen LogP contribution in [0.15, 0.2) is 134 Å². The summed E-state index contributed by atoms with van der Waals surface area (Å²) in [4.78, 5) is 37.5. The minimum Gasteiger partial charge on any atom is -0.545 e. The molecule has 0 aromatic carbocycles.